The van der Waals surface area contributed by atoms with Crippen LogP contribution >= 0.6 is 0 Å². The number of carbonyl (C=O) groups is 1. The van der Waals surface area contributed by atoms with E-state index in [1.807, 2.05) is 61.5 Å². The summed E-state index contributed by atoms with van der Waals surface area (Å²) in [5.74, 6) is 1.92. The lowest BCUT2D eigenvalue weighted by atomic mass is 10.3. The summed E-state index contributed by atoms with van der Waals surface area (Å²) in [4.78, 5) is 10.7. The van der Waals surface area contributed by atoms with E-state index in [4.69, 9.17) is 14.2 Å². The average molecular weight is 286 g/mol. The van der Waals surface area contributed by atoms with Crippen LogP contribution in [-0.4, -0.2) is 18.7 Å². The molecule has 21 heavy (non-hydrogen) atoms. The number of benzene rings is 2. The Bertz CT molecular complexity index is 563. The maximum atomic E-state index is 10.7. The van der Waals surface area contributed by atoms with Gasteiger partial charge in [-0.3, -0.25) is 4.79 Å². The smallest absolute Gasteiger partial charge is 0.302 e. The highest BCUT2D eigenvalue weighted by molar-refractivity contribution is 5.65. The predicted molar refractivity (Wildman–Crippen MR) is 79.7 cm³/mol. The lowest BCUT2D eigenvalue weighted by Gasteiger charge is -2.14. The standard InChI is InChI=1S/C17H18O4/c1-13(12-19-14(2)18)20-16-8-10-17(11-9-16)21-15-6-4-3-5-7-15/h3-11,13H,12H2,1-2H3/t13-/m1/s1. The maximum absolute atomic E-state index is 10.7. The van der Waals surface area contributed by atoms with Crippen LogP contribution in [0.4, 0.5) is 0 Å². The molecule has 1 atom stereocenters. The lowest BCUT2D eigenvalue weighted by molar-refractivity contribution is -0.143. The summed E-state index contributed by atoms with van der Waals surface area (Å²) >= 11 is 0. The fourth-order valence-corrected chi connectivity index (χ4v) is 1.71. The van der Waals surface area contributed by atoms with Gasteiger partial charge in [0.2, 0.25) is 0 Å². The van der Waals surface area contributed by atoms with E-state index >= 15 is 0 Å². The van der Waals surface area contributed by atoms with Crippen molar-refractivity contribution in [3.63, 3.8) is 0 Å². The molecule has 0 radical (unpaired) electrons. The first kappa shape index (κ1) is 14.9. The summed E-state index contributed by atoms with van der Waals surface area (Å²) in [6.45, 7) is 3.46. The van der Waals surface area contributed by atoms with Crippen LogP contribution in [-0.2, 0) is 9.53 Å². The summed E-state index contributed by atoms with van der Waals surface area (Å²) in [7, 11) is 0. The third-order valence-electron chi connectivity index (χ3n) is 2.66. The number of para-hydroxylation sites is 1. The van der Waals surface area contributed by atoms with Crippen LogP contribution in [0.1, 0.15) is 13.8 Å². The van der Waals surface area contributed by atoms with Gasteiger partial charge in [-0.15, -0.1) is 0 Å². The van der Waals surface area contributed by atoms with E-state index in [-0.39, 0.29) is 18.7 Å². The molecular weight excluding hydrogens is 268 g/mol. The van der Waals surface area contributed by atoms with Gasteiger partial charge >= 0.3 is 5.97 Å². The topological polar surface area (TPSA) is 44.8 Å². The van der Waals surface area contributed by atoms with Crippen LogP contribution in [0.2, 0.25) is 0 Å². The molecule has 0 bridgehead atoms. The summed E-state index contributed by atoms with van der Waals surface area (Å²) in [6.07, 6.45) is -0.199. The largest absolute Gasteiger partial charge is 0.487 e. The quantitative estimate of drug-likeness (QED) is 0.757. The second-order valence-corrected chi connectivity index (χ2v) is 4.62. The highest BCUT2D eigenvalue weighted by Gasteiger charge is 2.06. The molecule has 0 saturated carbocycles. The molecule has 0 saturated heterocycles. The molecule has 0 aliphatic rings. The normalized spacial score (nSPS) is 11.5. The molecule has 0 fully saturated rings. The second kappa shape index (κ2) is 7.33. The maximum Gasteiger partial charge on any atom is 0.302 e. The minimum atomic E-state index is -0.308. The van der Waals surface area contributed by atoms with Crippen molar-refractivity contribution >= 4 is 5.97 Å². The van der Waals surface area contributed by atoms with E-state index in [0.717, 1.165) is 11.5 Å². The molecule has 2 aromatic carbocycles. The van der Waals surface area contributed by atoms with Gasteiger partial charge in [0, 0.05) is 6.92 Å². The van der Waals surface area contributed by atoms with Gasteiger partial charge in [-0.25, -0.2) is 0 Å². The van der Waals surface area contributed by atoms with Crippen LogP contribution < -0.4 is 9.47 Å². The first-order valence-corrected chi connectivity index (χ1v) is 6.76. The van der Waals surface area contributed by atoms with Crippen molar-refractivity contribution in [3.8, 4) is 17.2 Å². The van der Waals surface area contributed by atoms with Gasteiger partial charge in [0.1, 0.15) is 30.0 Å². The molecule has 0 N–H and O–H groups in total. The minimum Gasteiger partial charge on any atom is -0.487 e. The van der Waals surface area contributed by atoms with Gasteiger partial charge in [-0.05, 0) is 43.3 Å². The van der Waals surface area contributed by atoms with E-state index in [1.54, 1.807) is 0 Å². The molecule has 0 unspecified atom stereocenters. The van der Waals surface area contributed by atoms with Crippen molar-refractivity contribution in [1.29, 1.82) is 0 Å². The molecule has 2 aromatic rings. The number of carbonyl (C=O) groups excluding carboxylic acids is 1. The SMILES string of the molecule is CC(=O)OC[C@@H](C)Oc1ccc(Oc2ccccc2)cc1. The summed E-state index contributed by atoms with van der Waals surface area (Å²) in [5, 5.41) is 0. The molecule has 2 rings (SSSR count). The monoisotopic (exact) mass is 286 g/mol. The Balaban J connectivity index is 1.88. The molecule has 0 aliphatic heterocycles. The van der Waals surface area contributed by atoms with Gasteiger partial charge in [0.15, 0.2) is 0 Å². The van der Waals surface area contributed by atoms with Gasteiger partial charge < -0.3 is 14.2 Å². The summed E-state index contributed by atoms with van der Waals surface area (Å²) in [6, 6.07) is 16.9. The highest BCUT2D eigenvalue weighted by atomic mass is 16.6. The van der Waals surface area contributed by atoms with Crippen LogP contribution in [0.15, 0.2) is 54.6 Å². The van der Waals surface area contributed by atoms with Crippen LogP contribution in [0.25, 0.3) is 0 Å². The van der Waals surface area contributed by atoms with Gasteiger partial charge in [0.25, 0.3) is 0 Å². The minimum absolute atomic E-state index is 0.199. The van der Waals surface area contributed by atoms with Gasteiger partial charge in [0.05, 0.1) is 0 Å². The Morgan fingerprint density at radius 2 is 1.52 bits per heavy atom. The average Bonchev–Trinajstić information content (AvgIpc) is 2.48. The van der Waals surface area contributed by atoms with Crippen molar-refractivity contribution in [3.05, 3.63) is 54.6 Å². The molecule has 4 nitrogen and oxygen atoms in total. The Kier molecular flexibility index (Phi) is 5.21. The highest BCUT2D eigenvalue weighted by Crippen LogP contribution is 2.23. The molecule has 4 heteroatoms. The second-order valence-electron chi connectivity index (χ2n) is 4.62. The zero-order chi connectivity index (χ0) is 15.1. The Morgan fingerprint density at radius 3 is 2.14 bits per heavy atom. The third-order valence-corrected chi connectivity index (χ3v) is 2.66. The van der Waals surface area contributed by atoms with Crippen LogP contribution in [0.3, 0.4) is 0 Å². The van der Waals surface area contributed by atoms with E-state index in [9.17, 15) is 4.79 Å². The third kappa shape index (κ3) is 5.18. The zero-order valence-corrected chi connectivity index (χ0v) is 12.1. The molecule has 0 spiro atoms. The van der Waals surface area contributed by atoms with Crippen molar-refractivity contribution in [2.24, 2.45) is 0 Å². The number of hydrogen-bond donors (Lipinski definition) is 0. The number of hydrogen-bond acceptors (Lipinski definition) is 4. The zero-order valence-electron chi connectivity index (χ0n) is 12.1. The van der Waals surface area contributed by atoms with Crippen molar-refractivity contribution in [1.82, 2.24) is 0 Å². The van der Waals surface area contributed by atoms with Crippen molar-refractivity contribution in [2.75, 3.05) is 6.61 Å². The van der Waals surface area contributed by atoms with E-state index in [1.165, 1.54) is 6.92 Å². The fourth-order valence-electron chi connectivity index (χ4n) is 1.71. The Labute approximate surface area is 124 Å². The molecule has 0 aromatic heterocycles. The van der Waals surface area contributed by atoms with Gasteiger partial charge in [-0.1, -0.05) is 18.2 Å². The lowest BCUT2D eigenvalue weighted by Crippen LogP contribution is -2.20. The number of ether oxygens (including phenoxy) is 3. The molecule has 0 heterocycles. The molecule has 110 valence electrons. The van der Waals surface area contributed by atoms with Crippen LogP contribution in [0, 0.1) is 0 Å². The van der Waals surface area contributed by atoms with Crippen molar-refractivity contribution in [2.45, 2.75) is 20.0 Å². The summed E-state index contributed by atoms with van der Waals surface area (Å²) in [5.41, 5.74) is 0. The molecular formula is C17H18O4. The van der Waals surface area contributed by atoms with Crippen molar-refractivity contribution < 1.29 is 19.0 Å². The summed E-state index contributed by atoms with van der Waals surface area (Å²) < 4.78 is 16.2. The number of rotatable bonds is 6. The van der Waals surface area contributed by atoms with Gasteiger partial charge in [-0.2, -0.15) is 0 Å². The molecule has 0 amide bonds. The van der Waals surface area contributed by atoms with Crippen LogP contribution in [0.5, 0.6) is 17.2 Å². The predicted octanol–water partition coefficient (Wildman–Crippen LogP) is 3.81. The Morgan fingerprint density at radius 1 is 0.952 bits per heavy atom. The number of esters is 1. The fraction of sp³-hybridized carbons (Fsp3) is 0.235. The van der Waals surface area contributed by atoms with E-state index < -0.39 is 0 Å². The first-order chi connectivity index (χ1) is 10.1. The van der Waals surface area contributed by atoms with E-state index in [0.29, 0.717) is 5.75 Å². The molecule has 0 aliphatic carbocycles. The Hall–Kier alpha value is -2.49. The first-order valence-electron chi connectivity index (χ1n) is 6.76. The van der Waals surface area contributed by atoms with E-state index in [2.05, 4.69) is 0 Å².